The van der Waals surface area contributed by atoms with Gasteiger partial charge in [-0.15, -0.1) is 0 Å². The van der Waals surface area contributed by atoms with E-state index in [9.17, 15) is 96.2 Å². The predicted octanol–water partition coefficient (Wildman–Crippen LogP) is 5.75. The quantitative estimate of drug-likeness (QED) is 0.243. The fraction of sp³-hybridized carbons (Fsp3) is 1.00. The maximum absolute atomic E-state index is 13.3. The minimum Gasteiger partial charge on any atom is -0.281 e. The summed E-state index contributed by atoms with van der Waals surface area (Å²) in [7, 11) is -7.70. The van der Waals surface area contributed by atoms with Gasteiger partial charge in [-0.3, -0.25) is 4.55 Å². The Bertz CT molecular complexity index is 892. The van der Waals surface area contributed by atoms with Gasteiger partial charge in [0.25, 0.3) is 0 Å². The van der Waals surface area contributed by atoms with E-state index in [-0.39, 0.29) is 0 Å². The molecule has 0 saturated carbocycles. The molecule has 0 aliphatic carbocycles. The summed E-state index contributed by atoms with van der Waals surface area (Å²) in [6.45, 7) is 0. The second kappa shape index (κ2) is 8.24. The minimum absolute atomic E-state index is 1.05. The van der Waals surface area contributed by atoms with Gasteiger partial charge in [-0.1, -0.05) is 0 Å². The molecule has 0 unspecified atom stereocenters. The third-order valence-corrected chi connectivity index (χ3v) is 4.44. The summed E-state index contributed by atoms with van der Waals surface area (Å²) in [6.07, 6.45) is -22.4. The highest BCUT2D eigenvalue weighted by Crippen LogP contribution is 2.63. The van der Waals surface area contributed by atoms with E-state index in [0.29, 0.717) is 0 Å². The highest BCUT2D eigenvalue weighted by Gasteiger charge is 2.94. The van der Waals surface area contributed by atoms with E-state index < -0.39 is 69.6 Å². The smallest absolute Gasteiger partial charge is 0.281 e. The van der Waals surface area contributed by atoms with Crippen molar-refractivity contribution in [3.05, 3.63) is 0 Å². The van der Waals surface area contributed by atoms with Crippen LogP contribution in [-0.2, 0) is 14.9 Å². The van der Waals surface area contributed by atoms with Gasteiger partial charge in [0.2, 0.25) is 0 Å². The van der Waals surface area contributed by atoms with Gasteiger partial charge in [0.1, 0.15) is 0 Å². The van der Waals surface area contributed by atoms with Gasteiger partial charge in [0, 0.05) is 0 Å². The molecule has 212 valence electrons. The summed E-state index contributed by atoms with van der Waals surface area (Å²) >= 11 is 0. The van der Waals surface area contributed by atoms with Crippen molar-refractivity contribution in [3.63, 3.8) is 0 Å². The highest BCUT2D eigenvalue weighted by molar-refractivity contribution is 7.86. The Balaban J connectivity index is 6.83. The summed E-state index contributed by atoms with van der Waals surface area (Å²) < 4.78 is 287. The fourth-order valence-corrected chi connectivity index (χ4v) is 1.90. The maximum Gasteiger partial charge on any atom is 0.460 e. The number of ether oxygens (including phenoxy) is 1. The Labute approximate surface area is 176 Å². The molecule has 0 heterocycles. The number of hydrogen-bond donors (Lipinski definition) is 1. The molecular weight excluding hydrogens is 596 g/mol. The second-order valence-corrected chi connectivity index (χ2v) is 7.39. The third-order valence-electron chi connectivity index (χ3n) is 3.55. The molecule has 0 rings (SSSR count). The Morgan fingerprint density at radius 1 is 0.514 bits per heavy atom. The van der Waals surface area contributed by atoms with Crippen molar-refractivity contribution < 1.29 is 106 Å². The Kier molecular flexibility index (Phi) is 7.88. The van der Waals surface area contributed by atoms with Crippen LogP contribution in [0.4, 0.5) is 87.8 Å². The van der Waals surface area contributed by atoms with Crippen LogP contribution < -0.4 is 0 Å². The lowest BCUT2D eigenvalue weighted by molar-refractivity contribution is -0.503. The van der Waals surface area contributed by atoms with Crippen LogP contribution in [0.1, 0.15) is 0 Å². The molecule has 0 saturated heterocycles. The van der Waals surface area contributed by atoms with Crippen molar-refractivity contribution in [1.82, 2.24) is 0 Å². The standard InChI is InChI=1S/C10H2F20O4S/c11-1(12)2(13,14)3(15,16)4(17,18)5(19,20)6(21,22)7(23,24)8(25,26)34-9(27,28)10(29,30)35(31,32)33/h1H,(H,31,32,33). The van der Waals surface area contributed by atoms with Crippen LogP contribution in [0.3, 0.4) is 0 Å². The molecule has 35 heavy (non-hydrogen) atoms. The van der Waals surface area contributed by atoms with E-state index in [1.54, 1.807) is 0 Å². The molecule has 0 radical (unpaired) electrons. The van der Waals surface area contributed by atoms with Crippen molar-refractivity contribution in [1.29, 1.82) is 0 Å². The molecule has 0 amide bonds. The van der Waals surface area contributed by atoms with Crippen LogP contribution in [0.2, 0.25) is 0 Å². The molecule has 0 aromatic rings. The fourth-order valence-electron chi connectivity index (χ4n) is 1.56. The Morgan fingerprint density at radius 3 is 1.09 bits per heavy atom. The van der Waals surface area contributed by atoms with E-state index in [0.717, 1.165) is 4.74 Å². The van der Waals surface area contributed by atoms with Gasteiger partial charge in [0.15, 0.2) is 0 Å². The molecule has 0 aromatic heterocycles. The molecule has 0 aliphatic heterocycles. The highest BCUT2D eigenvalue weighted by atomic mass is 32.2. The number of hydrogen-bond acceptors (Lipinski definition) is 3. The molecule has 0 aliphatic rings. The predicted molar refractivity (Wildman–Crippen MR) is 63.2 cm³/mol. The van der Waals surface area contributed by atoms with Crippen LogP contribution in [0.15, 0.2) is 0 Å². The molecule has 0 bridgehead atoms. The van der Waals surface area contributed by atoms with E-state index >= 15 is 0 Å². The molecule has 25 heteroatoms. The van der Waals surface area contributed by atoms with E-state index in [4.69, 9.17) is 4.55 Å². The Hall–Kier alpha value is -1.53. The lowest BCUT2D eigenvalue weighted by Crippen LogP contribution is -2.74. The number of halogens is 20. The van der Waals surface area contributed by atoms with Gasteiger partial charge >= 0.3 is 69.6 Å². The summed E-state index contributed by atoms with van der Waals surface area (Å²) in [4.78, 5) is 0. The second-order valence-electron chi connectivity index (χ2n) is 5.92. The first-order valence-corrected chi connectivity index (χ1v) is 8.45. The van der Waals surface area contributed by atoms with E-state index in [1.165, 1.54) is 0 Å². The van der Waals surface area contributed by atoms with Gasteiger partial charge < -0.3 is 0 Å². The summed E-state index contributed by atoms with van der Waals surface area (Å²) in [5.74, 6) is -52.1. The molecular formula is C10H2F20O4S. The third kappa shape index (κ3) is 4.43. The zero-order chi connectivity index (χ0) is 29.3. The first kappa shape index (κ1) is 33.5. The normalized spacial score (nSPS) is 16.7. The average molecular weight is 598 g/mol. The van der Waals surface area contributed by atoms with Crippen LogP contribution in [0, 0.1) is 0 Å². The molecule has 0 fully saturated rings. The zero-order valence-corrected chi connectivity index (χ0v) is 15.5. The van der Waals surface area contributed by atoms with Crippen LogP contribution in [0.5, 0.6) is 0 Å². The zero-order valence-electron chi connectivity index (χ0n) is 14.7. The molecule has 0 spiro atoms. The average Bonchev–Trinajstić information content (AvgIpc) is 2.58. The summed E-state index contributed by atoms with van der Waals surface area (Å²) in [6, 6.07) is 0. The van der Waals surface area contributed by atoms with Gasteiger partial charge in [0.05, 0.1) is 0 Å². The Morgan fingerprint density at radius 2 is 0.800 bits per heavy atom. The lowest BCUT2D eigenvalue weighted by Gasteiger charge is -2.42. The van der Waals surface area contributed by atoms with Gasteiger partial charge in [-0.2, -0.15) is 87.4 Å². The van der Waals surface area contributed by atoms with Crippen LogP contribution in [-0.4, -0.2) is 72.4 Å². The van der Waals surface area contributed by atoms with Gasteiger partial charge in [-0.05, 0) is 0 Å². The topological polar surface area (TPSA) is 63.6 Å². The van der Waals surface area contributed by atoms with Gasteiger partial charge in [-0.25, -0.2) is 13.5 Å². The summed E-state index contributed by atoms with van der Waals surface area (Å²) in [5.41, 5.74) is 0. The first-order valence-electron chi connectivity index (χ1n) is 7.01. The molecule has 0 aromatic carbocycles. The van der Waals surface area contributed by atoms with Crippen molar-refractivity contribution in [2.45, 2.75) is 59.4 Å². The summed E-state index contributed by atoms with van der Waals surface area (Å²) in [5, 5.41) is -7.51. The van der Waals surface area contributed by atoms with Crippen LogP contribution in [0.25, 0.3) is 0 Å². The number of alkyl halides is 20. The molecule has 4 nitrogen and oxygen atoms in total. The largest absolute Gasteiger partial charge is 0.460 e. The monoisotopic (exact) mass is 598 g/mol. The first-order chi connectivity index (χ1) is 14.7. The SMILES string of the molecule is O=S(=O)(O)C(F)(F)C(F)(F)OC(F)(F)C(F)(F)C(F)(F)C(F)(F)C(F)(F)C(F)(F)C(F)(F)C(F)F. The lowest BCUT2D eigenvalue weighted by atomic mass is 9.91. The molecule has 0 atom stereocenters. The minimum atomic E-state index is -9.04. The van der Waals surface area contributed by atoms with Crippen molar-refractivity contribution in [3.8, 4) is 0 Å². The van der Waals surface area contributed by atoms with Crippen LogP contribution >= 0.6 is 0 Å². The maximum atomic E-state index is 13.3. The molecule has 1 N–H and O–H groups in total. The van der Waals surface area contributed by atoms with Crippen molar-refractivity contribution >= 4 is 10.1 Å². The van der Waals surface area contributed by atoms with E-state index in [1.807, 2.05) is 0 Å². The van der Waals surface area contributed by atoms with Crippen molar-refractivity contribution in [2.75, 3.05) is 0 Å². The van der Waals surface area contributed by atoms with Crippen molar-refractivity contribution in [2.24, 2.45) is 0 Å². The number of rotatable bonds is 11. The van der Waals surface area contributed by atoms with E-state index in [2.05, 4.69) is 0 Å².